The molecule has 4 aliphatic rings. The number of hydrogen-bond donors (Lipinski definition) is 4. The SMILES string of the molecule is CC(=O)O[C@H]1C[C@@]2(O)[C@@H](OC(=O)c3ccccc3)[C@@H]3[C@]4(OC(C)=O)CO[C@@H]4C[C@@H](O)[C@@]3(C)[C@@H](O)[C@H](O)C(=C1C)C2(C)C. The Hall–Kier alpha value is -2.83. The second-order valence-electron chi connectivity index (χ2n) is 13.0. The van der Waals surface area contributed by atoms with Crippen LogP contribution in [-0.2, 0) is 28.5 Å². The van der Waals surface area contributed by atoms with E-state index in [9.17, 15) is 34.8 Å². The molecule has 1 aromatic rings. The smallest absolute Gasteiger partial charge is 0.338 e. The average Bonchev–Trinajstić information content (AvgIpc) is 2.90. The largest absolute Gasteiger partial charge is 0.458 e. The summed E-state index contributed by atoms with van der Waals surface area (Å²) in [6.07, 6.45) is -8.35. The van der Waals surface area contributed by atoms with Crippen LogP contribution in [0.25, 0.3) is 0 Å². The van der Waals surface area contributed by atoms with E-state index in [1.165, 1.54) is 20.8 Å². The topological polar surface area (TPSA) is 169 Å². The molecule has 0 unspecified atom stereocenters. The first-order chi connectivity index (χ1) is 19.5. The minimum Gasteiger partial charge on any atom is -0.458 e. The Balaban J connectivity index is 1.82. The molecule has 10 atom stereocenters. The number of carbonyl (C=O) groups excluding carboxylic acids is 3. The lowest BCUT2D eigenvalue weighted by molar-refractivity contribution is -0.365. The zero-order valence-electron chi connectivity index (χ0n) is 24.7. The highest BCUT2D eigenvalue weighted by Crippen LogP contribution is 2.65. The summed E-state index contributed by atoms with van der Waals surface area (Å²) in [5, 5.41) is 48.4. The van der Waals surface area contributed by atoms with Crippen molar-refractivity contribution in [2.75, 3.05) is 6.61 Å². The molecule has 1 aliphatic heterocycles. The minimum absolute atomic E-state index is 0.0423. The Labute approximate surface area is 244 Å². The number of benzene rings is 1. The lowest BCUT2D eigenvalue weighted by Crippen LogP contribution is -2.82. The van der Waals surface area contributed by atoms with Gasteiger partial charge in [-0.25, -0.2) is 4.79 Å². The van der Waals surface area contributed by atoms with Gasteiger partial charge in [0.05, 0.1) is 30.3 Å². The summed E-state index contributed by atoms with van der Waals surface area (Å²) in [6, 6.07) is 8.12. The van der Waals surface area contributed by atoms with Crippen LogP contribution in [0.15, 0.2) is 41.5 Å². The summed E-state index contributed by atoms with van der Waals surface area (Å²) in [5.74, 6) is -3.37. The van der Waals surface area contributed by atoms with Gasteiger partial charge in [0.1, 0.15) is 30.0 Å². The third-order valence-corrected chi connectivity index (χ3v) is 10.5. The molecule has 2 saturated carbocycles. The number of esters is 3. The highest BCUT2D eigenvalue weighted by Gasteiger charge is 2.77. The van der Waals surface area contributed by atoms with Crippen LogP contribution in [0.5, 0.6) is 0 Å². The van der Waals surface area contributed by atoms with Crippen molar-refractivity contribution < 1.29 is 53.8 Å². The third kappa shape index (κ3) is 4.16. The third-order valence-electron chi connectivity index (χ3n) is 10.5. The predicted molar refractivity (Wildman–Crippen MR) is 146 cm³/mol. The van der Waals surface area contributed by atoms with Crippen LogP contribution in [0.1, 0.15) is 64.7 Å². The Morgan fingerprint density at radius 3 is 2.17 bits per heavy atom. The summed E-state index contributed by atoms with van der Waals surface area (Å²) >= 11 is 0. The van der Waals surface area contributed by atoms with Crippen molar-refractivity contribution in [3.63, 3.8) is 0 Å². The Morgan fingerprint density at radius 1 is 0.976 bits per heavy atom. The van der Waals surface area contributed by atoms with Crippen LogP contribution in [0, 0.1) is 16.7 Å². The van der Waals surface area contributed by atoms with E-state index >= 15 is 0 Å². The van der Waals surface area contributed by atoms with E-state index in [2.05, 4.69) is 0 Å². The van der Waals surface area contributed by atoms with Crippen LogP contribution in [0.3, 0.4) is 0 Å². The van der Waals surface area contributed by atoms with Gasteiger partial charge in [-0.2, -0.15) is 0 Å². The van der Waals surface area contributed by atoms with Gasteiger partial charge in [-0.15, -0.1) is 0 Å². The van der Waals surface area contributed by atoms with Gasteiger partial charge in [0, 0.05) is 37.5 Å². The van der Waals surface area contributed by atoms with Crippen molar-refractivity contribution in [3.8, 4) is 0 Å². The van der Waals surface area contributed by atoms with Crippen molar-refractivity contribution in [1.29, 1.82) is 0 Å². The molecule has 3 fully saturated rings. The van der Waals surface area contributed by atoms with E-state index in [1.807, 2.05) is 0 Å². The second kappa shape index (κ2) is 10.1. The highest BCUT2D eigenvalue weighted by atomic mass is 16.6. The molecule has 0 aromatic heterocycles. The van der Waals surface area contributed by atoms with Crippen LogP contribution in [0.2, 0.25) is 0 Å². The number of aliphatic hydroxyl groups is 4. The highest BCUT2D eigenvalue weighted by molar-refractivity contribution is 5.89. The Bertz CT molecular complexity index is 1310. The molecule has 42 heavy (non-hydrogen) atoms. The monoisotopic (exact) mass is 588 g/mol. The van der Waals surface area contributed by atoms with Crippen LogP contribution in [-0.4, -0.2) is 92.8 Å². The maximum Gasteiger partial charge on any atom is 0.338 e. The molecular formula is C31H40O11. The van der Waals surface area contributed by atoms with Crippen molar-refractivity contribution >= 4 is 17.9 Å². The van der Waals surface area contributed by atoms with Crippen molar-refractivity contribution in [2.45, 2.75) is 102 Å². The molecule has 11 nitrogen and oxygen atoms in total. The zero-order valence-corrected chi connectivity index (χ0v) is 24.7. The fraction of sp³-hybridized carbons (Fsp3) is 0.645. The van der Waals surface area contributed by atoms with Crippen molar-refractivity contribution in [2.24, 2.45) is 16.7 Å². The van der Waals surface area contributed by atoms with E-state index in [0.717, 1.165) is 0 Å². The molecule has 1 saturated heterocycles. The van der Waals surface area contributed by atoms with Gasteiger partial charge < -0.3 is 39.4 Å². The Morgan fingerprint density at radius 2 is 1.62 bits per heavy atom. The summed E-state index contributed by atoms with van der Waals surface area (Å²) in [7, 11) is 0. The number of hydrogen-bond acceptors (Lipinski definition) is 11. The molecule has 4 N–H and O–H groups in total. The molecule has 3 aliphatic carbocycles. The van der Waals surface area contributed by atoms with Crippen LogP contribution < -0.4 is 0 Å². The maximum absolute atomic E-state index is 13.7. The first-order valence-electron chi connectivity index (χ1n) is 14.2. The summed E-state index contributed by atoms with van der Waals surface area (Å²) in [6.45, 7) is 8.78. The van der Waals surface area contributed by atoms with Gasteiger partial charge in [-0.05, 0) is 30.2 Å². The number of rotatable bonds is 4. The number of carbonyl (C=O) groups is 3. The zero-order chi connectivity index (χ0) is 31.0. The number of ether oxygens (including phenoxy) is 4. The average molecular weight is 589 g/mol. The normalized spacial score (nSPS) is 42.1. The molecule has 0 spiro atoms. The summed E-state index contributed by atoms with van der Waals surface area (Å²) in [5.41, 5.74) is -5.83. The molecule has 1 heterocycles. The molecule has 1 aromatic carbocycles. The van der Waals surface area contributed by atoms with E-state index in [1.54, 1.807) is 51.1 Å². The fourth-order valence-electron chi connectivity index (χ4n) is 8.20. The molecule has 2 bridgehead atoms. The number of fused-ring (bicyclic) bond motifs is 5. The number of aliphatic hydroxyl groups excluding tert-OH is 3. The van der Waals surface area contributed by atoms with Gasteiger partial charge in [0.2, 0.25) is 0 Å². The molecular weight excluding hydrogens is 548 g/mol. The van der Waals surface area contributed by atoms with Gasteiger partial charge in [-0.1, -0.05) is 39.0 Å². The van der Waals surface area contributed by atoms with Crippen molar-refractivity contribution in [1.82, 2.24) is 0 Å². The maximum atomic E-state index is 13.7. The predicted octanol–water partition coefficient (Wildman–Crippen LogP) is 1.44. The second-order valence-corrected chi connectivity index (χ2v) is 13.0. The van der Waals surface area contributed by atoms with E-state index in [0.29, 0.717) is 5.57 Å². The quantitative estimate of drug-likeness (QED) is 0.228. The lowest BCUT2D eigenvalue weighted by atomic mass is 9.44. The van der Waals surface area contributed by atoms with Gasteiger partial charge in [0.15, 0.2) is 5.60 Å². The first-order valence-corrected chi connectivity index (χ1v) is 14.2. The fourth-order valence-corrected chi connectivity index (χ4v) is 8.20. The minimum atomic E-state index is -2.07. The van der Waals surface area contributed by atoms with E-state index < -0.39 is 82.5 Å². The van der Waals surface area contributed by atoms with Gasteiger partial charge in [-0.3, -0.25) is 9.59 Å². The molecule has 0 radical (unpaired) electrons. The summed E-state index contributed by atoms with van der Waals surface area (Å²) in [4.78, 5) is 38.5. The standard InChI is InChI=1S/C31H40O11/c1-15-19(40-16(2)32)13-31(38)26(41-27(37)18-10-8-7-9-11-18)24-29(6,25(36)23(35)22(15)28(31,4)5)20(34)12-21-30(24,14-39-21)42-17(3)33/h7-11,19-21,23-26,34-36,38H,12-14H2,1-6H3/t19-,20+,21+,23+,24-,25-,26-,29+,30-,31+/m0/s1. The van der Waals surface area contributed by atoms with Gasteiger partial charge >= 0.3 is 17.9 Å². The molecule has 230 valence electrons. The Kier molecular flexibility index (Phi) is 7.38. The van der Waals surface area contributed by atoms with Crippen molar-refractivity contribution in [3.05, 3.63) is 47.0 Å². The lowest BCUT2D eigenvalue weighted by Gasteiger charge is -2.69. The van der Waals surface area contributed by atoms with Crippen LogP contribution in [0.4, 0.5) is 0 Å². The van der Waals surface area contributed by atoms with E-state index in [-0.39, 0.29) is 30.6 Å². The molecule has 0 amide bonds. The molecule has 5 rings (SSSR count). The van der Waals surface area contributed by atoms with Gasteiger partial charge in [0.25, 0.3) is 0 Å². The molecule has 11 heteroatoms. The van der Waals surface area contributed by atoms with E-state index in [4.69, 9.17) is 18.9 Å². The summed E-state index contributed by atoms with van der Waals surface area (Å²) < 4.78 is 23.6. The first kappa shape index (κ1) is 30.6. The van der Waals surface area contributed by atoms with Crippen LogP contribution >= 0.6 is 0 Å².